The second-order valence-corrected chi connectivity index (χ2v) is 5.60. The Labute approximate surface area is 93.5 Å². The van der Waals surface area contributed by atoms with Crippen molar-refractivity contribution in [3.8, 4) is 6.07 Å². The molecule has 0 aromatic rings. The molecule has 0 spiro atoms. The summed E-state index contributed by atoms with van der Waals surface area (Å²) < 4.78 is 0. The van der Waals surface area contributed by atoms with Gasteiger partial charge >= 0.3 is 0 Å². The maximum absolute atomic E-state index is 8.80. The van der Waals surface area contributed by atoms with Crippen molar-refractivity contribution in [2.24, 2.45) is 5.92 Å². The van der Waals surface area contributed by atoms with Crippen LogP contribution in [0, 0.1) is 17.2 Å². The minimum absolute atomic E-state index is 0.181. The van der Waals surface area contributed by atoms with Crippen LogP contribution in [0.1, 0.15) is 34.1 Å². The predicted octanol–water partition coefficient (Wildman–Crippen LogP) is 1.61. The largest absolute Gasteiger partial charge is 0.309 e. The number of nitrogens with zero attached hydrogens (tertiary/aromatic N) is 2. The summed E-state index contributed by atoms with van der Waals surface area (Å²) in [7, 11) is 0. The molecule has 0 aliphatic carbocycles. The Morgan fingerprint density at radius 1 is 1.53 bits per heavy atom. The van der Waals surface area contributed by atoms with E-state index in [-0.39, 0.29) is 5.54 Å². The minimum atomic E-state index is 0.181. The summed E-state index contributed by atoms with van der Waals surface area (Å²) in [5, 5.41) is 12.3. The Balaban J connectivity index is 2.61. The summed E-state index contributed by atoms with van der Waals surface area (Å²) in [5.41, 5.74) is 0.181. The molecule has 3 nitrogen and oxygen atoms in total. The third-order valence-electron chi connectivity index (χ3n) is 2.86. The van der Waals surface area contributed by atoms with Gasteiger partial charge in [-0.15, -0.1) is 0 Å². The van der Waals surface area contributed by atoms with Crippen molar-refractivity contribution in [2.75, 3.05) is 19.6 Å². The quantitative estimate of drug-likeness (QED) is 0.767. The van der Waals surface area contributed by atoms with Crippen LogP contribution in [0.5, 0.6) is 0 Å². The molecule has 1 saturated heterocycles. The summed E-state index contributed by atoms with van der Waals surface area (Å²) in [6, 6.07) is 2.68. The zero-order chi connectivity index (χ0) is 11.5. The zero-order valence-corrected chi connectivity index (χ0v) is 10.4. The highest BCUT2D eigenvalue weighted by Crippen LogP contribution is 2.18. The fourth-order valence-electron chi connectivity index (χ4n) is 2.21. The van der Waals surface area contributed by atoms with Crippen LogP contribution in [0.3, 0.4) is 0 Å². The molecule has 1 atom stereocenters. The molecule has 3 heteroatoms. The zero-order valence-electron chi connectivity index (χ0n) is 10.4. The van der Waals surface area contributed by atoms with Crippen molar-refractivity contribution >= 4 is 0 Å². The fraction of sp³-hybridized carbons (Fsp3) is 0.917. The standard InChI is InChI=1S/C12H23N3/c1-10(2)8-15-9-12(3,4)14-7-11(15)5-6-13/h10-11,14H,5,7-9H2,1-4H3. The third kappa shape index (κ3) is 3.81. The molecule has 0 amide bonds. The van der Waals surface area contributed by atoms with Crippen LogP contribution in [0.15, 0.2) is 0 Å². The highest BCUT2D eigenvalue weighted by molar-refractivity contribution is 4.95. The SMILES string of the molecule is CC(C)CN1CC(C)(C)NCC1CC#N. The van der Waals surface area contributed by atoms with Gasteiger partial charge in [0, 0.05) is 31.2 Å². The highest BCUT2D eigenvalue weighted by Gasteiger charge is 2.32. The fourth-order valence-corrected chi connectivity index (χ4v) is 2.21. The van der Waals surface area contributed by atoms with Crippen LogP contribution in [-0.4, -0.2) is 36.1 Å². The monoisotopic (exact) mass is 209 g/mol. The average molecular weight is 209 g/mol. The van der Waals surface area contributed by atoms with Gasteiger partial charge < -0.3 is 5.32 Å². The maximum atomic E-state index is 8.80. The van der Waals surface area contributed by atoms with Gasteiger partial charge in [0.1, 0.15) is 0 Å². The Bertz CT molecular complexity index is 240. The Kier molecular flexibility index (Phi) is 4.12. The third-order valence-corrected chi connectivity index (χ3v) is 2.86. The number of nitrogens with one attached hydrogen (secondary N) is 1. The molecule has 1 aliphatic heterocycles. The van der Waals surface area contributed by atoms with E-state index in [1.807, 2.05) is 0 Å². The van der Waals surface area contributed by atoms with Crippen molar-refractivity contribution in [1.29, 1.82) is 5.26 Å². The first-order valence-corrected chi connectivity index (χ1v) is 5.80. The van der Waals surface area contributed by atoms with Crippen LogP contribution in [-0.2, 0) is 0 Å². The van der Waals surface area contributed by atoms with Gasteiger partial charge in [-0.2, -0.15) is 5.26 Å². The molecule has 1 heterocycles. The molecular formula is C12H23N3. The number of rotatable bonds is 3. The van der Waals surface area contributed by atoms with Gasteiger partial charge in [0.05, 0.1) is 12.5 Å². The van der Waals surface area contributed by atoms with Crippen LogP contribution >= 0.6 is 0 Å². The van der Waals surface area contributed by atoms with Gasteiger partial charge in [0.15, 0.2) is 0 Å². The van der Waals surface area contributed by atoms with Crippen molar-refractivity contribution in [3.63, 3.8) is 0 Å². The molecule has 0 radical (unpaired) electrons. The van der Waals surface area contributed by atoms with Gasteiger partial charge in [-0.25, -0.2) is 0 Å². The molecule has 86 valence electrons. The first-order valence-electron chi connectivity index (χ1n) is 5.80. The lowest BCUT2D eigenvalue weighted by atomic mass is 9.96. The van der Waals surface area contributed by atoms with E-state index < -0.39 is 0 Å². The Morgan fingerprint density at radius 2 is 2.20 bits per heavy atom. The smallest absolute Gasteiger partial charge is 0.0638 e. The summed E-state index contributed by atoms with van der Waals surface area (Å²) in [5.74, 6) is 0.667. The molecule has 0 aromatic heterocycles. The number of hydrogen-bond acceptors (Lipinski definition) is 3. The average Bonchev–Trinajstić information content (AvgIpc) is 2.08. The summed E-state index contributed by atoms with van der Waals surface area (Å²) in [4.78, 5) is 2.46. The van der Waals surface area contributed by atoms with E-state index in [0.717, 1.165) is 19.6 Å². The predicted molar refractivity (Wildman–Crippen MR) is 62.5 cm³/mol. The number of nitriles is 1. The molecule has 1 aliphatic rings. The van der Waals surface area contributed by atoms with Crippen molar-refractivity contribution in [1.82, 2.24) is 10.2 Å². The van der Waals surface area contributed by atoms with Gasteiger partial charge in [0.25, 0.3) is 0 Å². The van der Waals surface area contributed by atoms with Crippen LogP contribution < -0.4 is 5.32 Å². The number of hydrogen-bond donors (Lipinski definition) is 1. The van der Waals surface area contributed by atoms with E-state index in [1.165, 1.54) is 0 Å². The topological polar surface area (TPSA) is 39.1 Å². The molecule has 0 bridgehead atoms. The lowest BCUT2D eigenvalue weighted by molar-refractivity contribution is 0.0859. The van der Waals surface area contributed by atoms with E-state index >= 15 is 0 Å². The second-order valence-electron chi connectivity index (χ2n) is 5.60. The van der Waals surface area contributed by atoms with Gasteiger partial charge in [-0.05, 0) is 19.8 Å². The summed E-state index contributed by atoms with van der Waals surface area (Å²) in [6.07, 6.45) is 0.635. The first-order chi connectivity index (χ1) is 6.94. The highest BCUT2D eigenvalue weighted by atomic mass is 15.2. The minimum Gasteiger partial charge on any atom is -0.309 e. The normalized spacial score (nSPS) is 26.5. The summed E-state index contributed by atoms with van der Waals surface area (Å²) >= 11 is 0. The maximum Gasteiger partial charge on any atom is 0.0638 e. The Hall–Kier alpha value is -0.590. The number of piperazine rings is 1. The van der Waals surface area contributed by atoms with E-state index in [4.69, 9.17) is 5.26 Å². The van der Waals surface area contributed by atoms with Gasteiger partial charge in [-0.3, -0.25) is 4.90 Å². The molecule has 1 fully saturated rings. The Morgan fingerprint density at radius 3 is 2.73 bits per heavy atom. The van der Waals surface area contributed by atoms with E-state index in [1.54, 1.807) is 0 Å². The molecule has 1 unspecified atom stereocenters. The summed E-state index contributed by atoms with van der Waals surface area (Å²) in [6.45, 7) is 12.0. The first kappa shape index (κ1) is 12.5. The molecule has 1 rings (SSSR count). The van der Waals surface area contributed by atoms with Crippen molar-refractivity contribution < 1.29 is 0 Å². The molecular weight excluding hydrogens is 186 g/mol. The van der Waals surface area contributed by atoms with Crippen LogP contribution in [0.25, 0.3) is 0 Å². The van der Waals surface area contributed by atoms with E-state index in [2.05, 4.69) is 44.0 Å². The van der Waals surface area contributed by atoms with E-state index in [0.29, 0.717) is 18.4 Å². The molecule has 0 saturated carbocycles. The van der Waals surface area contributed by atoms with Gasteiger partial charge in [0.2, 0.25) is 0 Å². The van der Waals surface area contributed by atoms with Crippen molar-refractivity contribution in [2.45, 2.75) is 45.7 Å². The molecule has 1 N–H and O–H groups in total. The van der Waals surface area contributed by atoms with Crippen LogP contribution in [0.2, 0.25) is 0 Å². The molecule has 15 heavy (non-hydrogen) atoms. The van der Waals surface area contributed by atoms with Gasteiger partial charge in [-0.1, -0.05) is 13.8 Å². The second kappa shape index (κ2) is 4.96. The lowest BCUT2D eigenvalue weighted by Crippen LogP contribution is -2.61. The van der Waals surface area contributed by atoms with E-state index in [9.17, 15) is 0 Å². The van der Waals surface area contributed by atoms with Crippen LogP contribution in [0.4, 0.5) is 0 Å². The lowest BCUT2D eigenvalue weighted by Gasteiger charge is -2.44. The van der Waals surface area contributed by atoms with Crippen molar-refractivity contribution in [3.05, 3.63) is 0 Å². The molecule has 0 aromatic carbocycles.